The number of amidine groups is 1. The lowest BCUT2D eigenvalue weighted by molar-refractivity contribution is 0.0165. The minimum atomic E-state index is -0.475. The molecule has 0 atom stereocenters. The predicted molar refractivity (Wildman–Crippen MR) is 112 cm³/mol. The van der Waals surface area contributed by atoms with E-state index in [-0.39, 0.29) is 6.09 Å². The Morgan fingerprint density at radius 1 is 1.36 bits per heavy atom. The lowest BCUT2D eigenvalue weighted by atomic mass is 9.98. The van der Waals surface area contributed by atoms with Gasteiger partial charge in [-0.2, -0.15) is 5.26 Å². The molecule has 7 nitrogen and oxygen atoms in total. The fourth-order valence-corrected chi connectivity index (χ4v) is 3.11. The van der Waals surface area contributed by atoms with Crippen LogP contribution in [0.15, 0.2) is 29.3 Å². The molecule has 1 aliphatic rings. The van der Waals surface area contributed by atoms with Gasteiger partial charge in [0.1, 0.15) is 17.0 Å². The van der Waals surface area contributed by atoms with Crippen LogP contribution in [0.25, 0.3) is 0 Å². The van der Waals surface area contributed by atoms with Gasteiger partial charge in [0.15, 0.2) is 11.4 Å². The molecule has 0 radical (unpaired) electrons. The minimum Gasteiger partial charge on any atom is -0.491 e. The number of likely N-dealkylation sites (tertiary alicyclic amines) is 1. The second-order valence-electron chi connectivity index (χ2n) is 7.55. The maximum atomic E-state index is 12.2. The molecule has 1 saturated heterocycles. The quantitative estimate of drug-likeness (QED) is 0.351. The lowest BCUT2D eigenvalue weighted by Crippen LogP contribution is -2.42. The normalized spacial score (nSPS) is 15.7. The molecule has 0 bridgehead atoms. The fraction of sp³-hybridized carbons (Fsp3) is 0.550. The molecule has 0 saturated carbocycles. The highest BCUT2D eigenvalue weighted by Crippen LogP contribution is 2.29. The van der Waals surface area contributed by atoms with E-state index >= 15 is 0 Å². The van der Waals surface area contributed by atoms with Crippen LogP contribution < -0.4 is 10.1 Å². The van der Waals surface area contributed by atoms with Gasteiger partial charge in [0.05, 0.1) is 6.61 Å². The average molecular weight is 405 g/mol. The van der Waals surface area contributed by atoms with E-state index in [2.05, 4.69) is 10.3 Å². The van der Waals surface area contributed by atoms with Crippen molar-refractivity contribution in [2.45, 2.75) is 39.2 Å². The molecule has 8 heteroatoms. The number of carbonyl (C=O) groups excluding carboxylic acids is 1. The van der Waals surface area contributed by atoms with Crippen LogP contribution in [0.3, 0.4) is 0 Å². The molecule has 1 heterocycles. The first kappa shape index (κ1) is 21.9. The van der Waals surface area contributed by atoms with Gasteiger partial charge in [0, 0.05) is 13.1 Å². The van der Waals surface area contributed by atoms with Crippen LogP contribution in [0.2, 0.25) is 0 Å². The molecule has 152 valence electrons. The van der Waals surface area contributed by atoms with E-state index < -0.39 is 5.60 Å². The van der Waals surface area contributed by atoms with Crippen LogP contribution in [-0.2, 0) is 4.74 Å². The number of rotatable bonds is 4. The van der Waals surface area contributed by atoms with Crippen molar-refractivity contribution >= 4 is 28.7 Å². The molecule has 1 amide bonds. The molecule has 1 N–H and O–H groups in total. The summed E-state index contributed by atoms with van der Waals surface area (Å²) in [6, 6.07) is 7.51. The molecule has 2 rings (SSSR count). The largest absolute Gasteiger partial charge is 0.491 e. The molecule has 0 spiro atoms. The number of carbonyl (C=O) groups is 1. The number of nitrogens with one attached hydrogen (secondary N) is 1. The summed E-state index contributed by atoms with van der Waals surface area (Å²) < 4.78 is 11.4. The van der Waals surface area contributed by atoms with Crippen molar-refractivity contribution in [3.63, 3.8) is 0 Å². The molecular weight excluding hydrogens is 376 g/mol. The Balaban J connectivity index is 1.89. The molecular formula is C20H28N4O3S. The zero-order valence-electron chi connectivity index (χ0n) is 16.9. The van der Waals surface area contributed by atoms with Crippen LogP contribution in [-0.4, -0.2) is 47.7 Å². The number of para-hydroxylation sites is 2. The molecule has 0 aromatic heterocycles. The monoisotopic (exact) mass is 404 g/mol. The number of amides is 1. The summed E-state index contributed by atoms with van der Waals surface area (Å²) in [4.78, 5) is 18.4. The van der Waals surface area contributed by atoms with Gasteiger partial charge < -0.3 is 14.4 Å². The Morgan fingerprint density at radius 2 is 2.04 bits per heavy atom. The number of nitriles is 1. The van der Waals surface area contributed by atoms with Crippen molar-refractivity contribution in [1.29, 1.82) is 5.26 Å². The number of hydrogen-bond acceptors (Lipinski definition) is 6. The van der Waals surface area contributed by atoms with Gasteiger partial charge in [0.25, 0.3) is 0 Å². The van der Waals surface area contributed by atoms with Crippen molar-refractivity contribution < 1.29 is 14.3 Å². The molecule has 0 unspecified atom stereocenters. The van der Waals surface area contributed by atoms with Gasteiger partial charge in [0.2, 0.25) is 0 Å². The third-order valence-corrected chi connectivity index (χ3v) is 4.76. The highest BCUT2D eigenvalue weighted by Gasteiger charge is 2.27. The van der Waals surface area contributed by atoms with Crippen molar-refractivity contribution in [3.8, 4) is 11.9 Å². The molecule has 1 aromatic rings. The number of nitrogens with zero attached hydrogens (tertiary/aromatic N) is 3. The molecule has 0 aliphatic carbocycles. The Kier molecular flexibility index (Phi) is 8.00. The summed E-state index contributed by atoms with van der Waals surface area (Å²) in [5.74, 6) is 1.05. The van der Waals surface area contributed by atoms with Crippen molar-refractivity contribution in [2.24, 2.45) is 10.9 Å². The van der Waals surface area contributed by atoms with E-state index in [1.165, 1.54) is 11.8 Å². The predicted octanol–water partition coefficient (Wildman–Crippen LogP) is 4.13. The van der Waals surface area contributed by atoms with E-state index in [1.807, 2.05) is 57.5 Å². The van der Waals surface area contributed by atoms with E-state index in [0.717, 1.165) is 12.8 Å². The number of ether oxygens (including phenoxy) is 2. The lowest BCUT2D eigenvalue weighted by Gasteiger charge is -2.33. The van der Waals surface area contributed by atoms with Crippen molar-refractivity contribution in [1.82, 2.24) is 10.2 Å². The molecule has 28 heavy (non-hydrogen) atoms. The second kappa shape index (κ2) is 10.2. The summed E-state index contributed by atoms with van der Waals surface area (Å²) >= 11 is 1.36. The summed E-state index contributed by atoms with van der Waals surface area (Å²) in [6.45, 7) is 7.53. The van der Waals surface area contributed by atoms with Gasteiger partial charge in [-0.15, -0.1) is 0 Å². The fourth-order valence-electron chi connectivity index (χ4n) is 2.77. The van der Waals surface area contributed by atoms with Gasteiger partial charge in [-0.05, 0) is 57.9 Å². The first-order valence-corrected chi connectivity index (χ1v) is 10.5. The Hall–Kier alpha value is -2.40. The van der Waals surface area contributed by atoms with Gasteiger partial charge in [-0.3, -0.25) is 5.32 Å². The van der Waals surface area contributed by atoms with Crippen LogP contribution in [0.5, 0.6) is 5.75 Å². The van der Waals surface area contributed by atoms with E-state index in [9.17, 15) is 4.79 Å². The van der Waals surface area contributed by atoms with Gasteiger partial charge in [-0.1, -0.05) is 23.9 Å². The topological polar surface area (TPSA) is 86.9 Å². The summed E-state index contributed by atoms with van der Waals surface area (Å²) in [5.41, 5.74) is 0.206. The van der Waals surface area contributed by atoms with Gasteiger partial charge >= 0.3 is 6.09 Å². The number of aliphatic imine (C=N–C) groups is 1. The number of piperidine rings is 1. The van der Waals surface area contributed by atoms with Crippen LogP contribution in [0.1, 0.15) is 33.6 Å². The Morgan fingerprint density at radius 3 is 2.64 bits per heavy atom. The van der Waals surface area contributed by atoms with Crippen LogP contribution >= 0.6 is 11.8 Å². The van der Waals surface area contributed by atoms with Crippen LogP contribution in [0, 0.1) is 17.4 Å². The maximum Gasteiger partial charge on any atom is 0.410 e. The number of hydrogen-bond donors (Lipinski definition) is 1. The van der Waals surface area contributed by atoms with Crippen molar-refractivity contribution in [3.05, 3.63) is 24.3 Å². The third kappa shape index (κ3) is 6.97. The zero-order chi connectivity index (χ0) is 20.6. The smallest absolute Gasteiger partial charge is 0.410 e. The highest BCUT2D eigenvalue weighted by molar-refractivity contribution is 8.13. The Labute approximate surface area is 171 Å². The molecule has 1 aromatic carbocycles. The van der Waals surface area contributed by atoms with Gasteiger partial charge in [-0.25, -0.2) is 9.79 Å². The average Bonchev–Trinajstić information content (AvgIpc) is 2.66. The summed E-state index contributed by atoms with van der Waals surface area (Å²) in [5, 5.41) is 11.9. The molecule has 1 aliphatic heterocycles. The van der Waals surface area contributed by atoms with E-state index in [0.29, 0.717) is 42.2 Å². The van der Waals surface area contributed by atoms with Crippen LogP contribution in [0.4, 0.5) is 10.5 Å². The highest BCUT2D eigenvalue weighted by atomic mass is 32.2. The van der Waals surface area contributed by atoms with Crippen molar-refractivity contribution in [2.75, 3.05) is 26.0 Å². The Bertz CT molecular complexity index is 732. The standard InChI is InChI=1S/C20H28N4O3S/c1-20(2,3)27-19(25)24-11-9-15(10-12-24)13-26-17-8-6-5-7-16(17)23-18(28-4)22-14-21/h5-8,15H,9-13H2,1-4H3,(H,22,23). The second-order valence-corrected chi connectivity index (χ2v) is 8.34. The SMILES string of the molecule is CSC(=Nc1ccccc1OCC1CCN(C(=O)OC(C)(C)C)CC1)NC#N. The maximum absolute atomic E-state index is 12.2. The number of thioether (sulfide) groups is 1. The first-order chi connectivity index (χ1) is 13.3. The van der Waals surface area contributed by atoms with E-state index in [4.69, 9.17) is 14.7 Å². The zero-order valence-corrected chi connectivity index (χ0v) is 17.7. The summed E-state index contributed by atoms with van der Waals surface area (Å²) in [7, 11) is 0. The summed E-state index contributed by atoms with van der Waals surface area (Å²) in [6.07, 6.45) is 5.23. The third-order valence-electron chi connectivity index (χ3n) is 4.18. The minimum absolute atomic E-state index is 0.249. The first-order valence-electron chi connectivity index (χ1n) is 9.30. The van der Waals surface area contributed by atoms with E-state index in [1.54, 1.807) is 4.90 Å². The number of benzene rings is 1. The molecule has 1 fully saturated rings.